The second-order valence-electron chi connectivity index (χ2n) is 4.88. The highest BCUT2D eigenvalue weighted by atomic mass is 35.5. The minimum atomic E-state index is 0.0859. The molecular weight excluding hydrogens is 232 g/mol. The van der Waals surface area contributed by atoms with Gasteiger partial charge in [-0.3, -0.25) is 0 Å². The fourth-order valence-electron chi connectivity index (χ4n) is 2.27. The first-order valence-electron chi connectivity index (χ1n) is 6.06. The lowest BCUT2D eigenvalue weighted by Crippen LogP contribution is -2.50. The highest BCUT2D eigenvalue weighted by Gasteiger charge is 2.34. The van der Waals surface area contributed by atoms with Gasteiger partial charge in [-0.2, -0.15) is 0 Å². The summed E-state index contributed by atoms with van der Waals surface area (Å²) >= 11 is 5.94. The molecule has 2 atom stereocenters. The van der Waals surface area contributed by atoms with Crippen molar-refractivity contribution in [2.45, 2.75) is 31.8 Å². The maximum atomic E-state index is 5.94. The van der Waals surface area contributed by atoms with E-state index in [2.05, 4.69) is 50.3 Å². The van der Waals surface area contributed by atoms with Crippen molar-refractivity contribution in [3.05, 3.63) is 34.9 Å². The number of rotatable bonds is 5. The summed E-state index contributed by atoms with van der Waals surface area (Å²) in [5, 5.41) is 4.21. The van der Waals surface area contributed by atoms with Crippen LogP contribution in [0.1, 0.15) is 31.9 Å². The molecule has 0 saturated carbocycles. The first kappa shape index (κ1) is 14.5. The van der Waals surface area contributed by atoms with Crippen LogP contribution in [0.25, 0.3) is 0 Å². The number of halogens is 1. The third-order valence-electron chi connectivity index (χ3n) is 3.85. The Morgan fingerprint density at radius 1 is 1.29 bits per heavy atom. The van der Waals surface area contributed by atoms with Crippen molar-refractivity contribution in [1.29, 1.82) is 0 Å². The molecule has 0 spiro atoms. The Balaban J connectivity index is 3.09. The molecule has 0 aliphatic heterocycles. The van der Waals surface area contributed by atoms with Crippen LogP contribution in [0.3, 0.4) is 0 Å². The van der Waals surface area contributed by atoms with Crippen LogP contribution in [-0.2, 0) is 0 Å². The van der Waals surface area contributed by atoms with Gasteiger partial charge in [0, 0.05) is 10.6 Å². The summed E-state index contributed by atoms with van der Waals surface area (Å²) in [6.45, 7) is 4.50. The monoisotopic (exact) mass is 254 g/mol. The molecule has 1 aromatic carbocycles. The van der Waals surface area contributed by atoms with Gasteiger partial charge in [0.2, 0.25) is 0 Å². The Hall–Kier alpha value is -0.570. The van der Waals surface area contributed by atoms with E-state index in [1.54, 1.807) is 0 Å². The molecule has 0 radical (unpaired) electrons. The van der Waals surface area contributed by atoms with E-state index in [1.165, 1.54) is 5.56 Å². The van der Waals surface area contributed by atoms with Crippen molar-refractivity contribution in [2.75, 3.05) is 21.1 Å². The summed E-state index contributed by atoms with van der Waals surface area (Å²) < 4.78 is 0. The van der Waals surface area contributed by atoms with Crippen molar-refractivity contribution in [1.82, 2.24) is 10.2 Å². The number of benzene rings is 1. The predicted octanol–water partition coefficient (Wildman–Crippen LogP) is 3.33. The Morgan fingerprint density at radius 2 is 1.82 bits per heavy atom. The first-order chi connectivity index (χ1) is 7.95. The van der Waals surface area contributed by atoms with E-state index in [-0.39, 0.29) is 5.54 Å². The summed E-state index contributed by atoms with van der Waals surface area (Å²) in [7, 11) is 6.27. The second kappa shape index (κ2) is 5.85. The van der Waals surface area contributed by atoms with E-state index in [0.29, 0.717) is 6.04 Å². The Morgan fingerprint density at radius 3 is 2.18 bits per heavy atom. The molecular formula is C14H23ClN2. The van der Waals surface area contributed by atoms with Gasteiger partial charge in [0.05, 0.1) is 6.04 Å². The van der Waals surface area contributed by atoms with Gasteiger partial charge in [-0.25, -0.2) is 0 Å². The summed E-state index contributed by atoms with van der Waals surface area (Å²) in [6, 6.07) is 8.39. The summed E-state index contributed by atoms with van der Waals surface area (Å²) in [5.74, 6) is 0. The van der Waals surface area contributed by atoms with Gasteiger partial charge in [-0.05, 0) is 52.2 Å². The van der Waals surface area contributed by atoms with Gasteiger partial charge in [-0.15, -0.1) is 0 Å². The van der Waals surface area contributed by atoms with E-state index < -0.39 is 0 Å². The van der Waals surface area contributed by atoms with Crippen LogP contribution in [0.2, 0.25) is 5.02 Å². The molecule has 0 aromatic heterocycles. The number of hydrogen-bond acceptors (Lipinski definition) is 2. The normalized spacial score (nSPS) is 16.9. The van der Waals surface area contributed by atoms with Crippen molar-refractivity contribution >= 4 is 11.6 Å². The molecule has 1 rings (SSSR count). The molecule has 96 valence electrons. The molecule has 0 saturated heterocycles. The van der Waals surface area contributed by atoms with Gasteiger partial charge in [-0.1, -0.05) is 30.7 Å². The third-order valence-corrected chi connectivity index (χ3v) is 4.10. The fourth-order valence-corrected chi connectivity index (χ4v) is 2.40. The molecule has 0 aliphatic rings. The third kappa shape index (κ3) is 3.01. The molecule has 0 amide bonds. The van der Waals surface area contributed by atoms with Crippen molar-refractivity contribution in [2.24, 2.45) is 0 Å². The lowest BCUT2D eigenvalue weighted by Gasteiger charge is -2.43. The number of nitrogens with one attached hydrogen (secondary N) is 1. The largest absolute Gasteiger partial charge is 0.311 e. The molecule has 1 N–H and O–H groups in total. The molecule has 0 heterocycles. The number of likely N-dealkylation sites (N-methyl/N-ethyl adjacent to an activating group) is 2. The van der Waals surface area contributed by atoms with Gasteiger partial charge in [0.15, 0.2) is 0 Å². The summed E-state index contributed by atoms with van der Waals surface area (Å²) in [5.41, 5.74) is 1.36. The Kier molecular flexibility index (Phi) is 4.99. The standard InChI is InChI=1S/C14H23ClN2/c1-6-14(2,17(4)5)13(16-3)11-7-9-12(15)10-8-11/h7-10,13,16H,6H2,1-5H3. The predicted molar refractivity (Wildman–Crippen MR) is 75.6 cm³/mol. The van der Waals surface area contributed by atoms with Gasteiger partial charge in [0.25, 0.3) is 0 Å². The van der Waals surface area contributed by atoms with Crippen molar-refractivity contribution in [3.8, 4) is 0 Å². The second-order valence-corrected chi connectivity index (χ2v) is 5.31. The van der Waals surface area contributed by atoms with E-state index in [9.17, 15) is 0 Å². The van der Waals surface area contributed by atoms with E-state index in [0.717, 1.165) is 11.4 Å². The lowest BCUT2D eigenvalue weighted by molar-refractivity contribution is 0.117. The highest BCUT2D eigenvalue weighted by molar-refractivity contribution is 6.30. The number of nitrogens with zero attached hydrogens (tertiary/aromatic N) is 1. The topological polar surface area (TPSA) is 15.3 Å². The van der Waals surface area contributed by atoms with E-state index >= 15 is 0 Å². The first-order valence-corrected chi connectivity index (χ1v) is 6.43. The molecule has 0 fully saturated rings. The molecule has 2 nitrogen and oxygen atoms in total. The van der Waals surface area contributed by atoms with Crippen LogP contribution in [0, 0.1) is 0 Å². The molecule has 1 aromatic rings. The average molecular weight is 255 g/mol. The van der Waals surface area contributed by atoms with Gasteiger partial charge in [0.1, 0.15) is 0 Å². The minimum Gasteiger partial charge on any atom is -0.311 e. The van der Waals surface area contributed by atoms with Crippen LogP contribution in [-0.4, -0.2) is 31.6 Å². The number of hydrogen-bond donors (Lipinski definition) is 1. The van der Waals surface area contributed by atoms with Crippen LogP contribution >= 0.6 is 11.6 Å². The van der Waals surface area contributed by atoms with Crippen molar-refractivity contribution < 1.29 is 0 Å². The van der Waals surface area contributed by atoms with E-state index in [1.807, 2.05) is 19.2 Å². The summed E-state index contributed by atoms with van der Waals surface area (Å²) in [4.78, 5) is 2.28. The maximum absolute atomic E-state index is 5.94. The zero-order valence-corrected chi connectivity index (χ0v) is 12.2. The van der Waals surface area contributed by atoms with Crippen molar-refractivity contribution in [3.63, 3.8) is 0 Å². The van der Waals surface area contributed by atoms with Gasteiger partial charge >= 0.3 is 0 Å². The molecule has 3 heteroatoms. The van der Waals surface area contributed by atoms with Crippen LogP contribution < -0.4 is 5.32 Å². The molecule has 2 unspecified atom stereocenters. The zero-order valence-electron chi connectivity index (χ0n) is 11.4. The maximum Gasteiger partial charge on any atom is 0.0501 e. The Labute approximate surface area is 110 Å². The SMILES string of the molecule is CCC(C)(C(NC)c1ccc(Cl)cc1)N(C)C. The van der Waals surface area contributed by atoms with Gasteiger partial charge < -0.3 is 10.2 Å². The van der Waals surface area contributed by atoms with Crippen LogP contribution in [0.15, 0.2) is 24.3 Å². The highest BCUT2D eigenvalue weighted by Crippen LogP contribution is 2.32. The molecule has 0 aliphatic carbocycles. The lowest BCUT2D eigenvalue weighted by atomic mass is 9.83. The summed E-state index contributed by atoms with van der Waals surface area (Å²) in [6.07, 6.45) is 1.08. The average Bonchev–Trinajstić information content (AvgIpc) is 2.31. The Bertz CT molecular complexity index is 348. The molecule has 17 heavy (non-hydrogen) atoms. The fraction of sp³-hybridized carbons (Fsp3) is 0.571. The smallest absolute Gasteiger partial charge is 0.0501 e. The van der Waals surface area contributed by atoms with Crippen LogP contribution in [0.4, 0.5) is 0 Å². The minimum absolute atomic E-state index is 0.0859. The zero-order chi connectivity index (χ0) is 13.1. The quantitative estimate of drug-likeness (QED) is 0.867. The van der Waals surface area contributed by atoms with E-state index in [4.69, 9.17) is 11.6 Å². The molecule has 0 bridgehead atoms. The van der Waals surface area contributed by atoms with Crippen LogP contribution in [0.5, 0.6) is 0 Å².